The molecule has 1 aliphatic heterocycles. The van der Waals surface area contributed by atoms with Gasteiger partial charge in [0.15, 0.2) is 5.75 Å². The Morgan fingerprint density at radius 2 is 2.00 bits per heavy atom. The third-order valence-electron chi connectivity index (χ3n) is 4.69. The summed E-state index contributed by atoms with van der Waals surface area (Å²) in [5.41, 5.74) is 7.77. The molecule has 2 atom stereocenters. The molecular weight excluding hydrogens is 484 g/mol. The van der Waals surface area contributed by atoms with E-state index in [9.17, 15) is 4.79 Å². The van der Waals surface area contributed by atoms with Crippen LogP contribution in [0.2, 0.25) is 5.28 Å². The first-order chi connectivity index (χ1) is 17.1. The van der Waals surface area contributed by atoms with E-state index in [0.717, 1.165) is 5.56 Å². The number of benzene rings is 1. The zero-order chi connectivity index (χ0) is 25.8. The third kappa shape index (κ3) is 8.12. The zero-order valence-electron chi connectivity index (χ0n) is 20.6. The number of nitrogens with zero attached hydrogens (tertiary/aromatic N) is 3. The van der Waals surface area contributed by atoms with E-state index in [1.807, 2.05) is 27.7 Å². The Kier molecular flexibility index (Phi) is 11.8. The Morgan fingerprint density at radius 3 is 2.66 bits per heavy atom. The van der Waals surface area contributed by atoms with Crippen LogP contribution in [0, 0.1) is 29.1 Å². The SMILES string of the molecule is CC.CC.COc1cnc(Cl)nc1-c1cc(CC#N)ccc1C(=O)NC1NNC(C#CC2CC2)S1. The molecule has 35 heavy (non-hydrogen) atoms. The highest BCUT2D eigenvalue weighted by molar-refractivity contribution is 8.00. The quantitative estimate of drug-likeness (QED) is 0.394. The van der Waals surface area contributed by atoms with Gasteiger partial charge < -0.3 is 10.1 Å². The van der Waals surface area contributed by atoms with Gasteiger partial charge >= 0.3 is 0 Å². The molecule has 0 radical (unpaired) electrons. The summed E-state index contributed by atoms with van der Waals surface area (Å²) in [5.74, 6) is 6.97. The second-order valence-electron chi connectivity index (χ2n) is 6.99. The molecule has 4 rings (SSSR count). The van der Waals surface area contributed by atoms with Gasteiger partial charge in [0.2, 0.25) is 5.28 Å². The molecule has 3 N–H and O–H groups in total. The number of amides is 1. The molecule has 2 aromatic rings. The maximum absolute atomic E-state index is 13.1. The average molecular weight is 515 g/mol. The number of carbonyl (C=O) groups is 1. The normalized spacial score (nSPS) is 17.9. The van der Waals surface area contributed by atoms with Crippen LogP contribution in [0.1, 0.15) is 56.5 Å². The highest BCUT2D eigenvalue weighted by Gasteiger charge is 2.27. The van der Waals surface area contributed by atoms with Crippen molar-refractivity contribution in [3.05, 3.63) is 40.8 Å². The summed E-state index contributed by atoms with van der Waals surface area (Å²) in [6.07, 6.45) is 3.98. The number of hydrazine groups is 1. The van der Waals surface area contributed by atoms with Gasteiger partial charge in [0.25, 0.3) is 5.91 Å². The van der Waals surface area contributed by atoms with Crippen LogP contribution in [-0.4, -0.2) is 33.9 Å². The van der Waals surface area contributed by atoms with Crippen LogP contribution in [0.5, 0.6) is 5.75 Å². The number of nitriles is 1. The molecule has 1 aromatic carbocycles. The zero-order valence-corrected chi connectivity index (χ0v) is 22.2. The van der Waals surface area contributed by atoms with E-state index in [1.165, 1.54) is 37.9 Å². The summed E-state index contributed by atoms with van der Waals surface area (Å²) in [6, 6.07) is 7.28. The number of rotatable bonds is 5. The van der Waals surface area contributed by atoms with Gasteiger partial charge in [-0.05, 0) is 42.1 Å². The molecule has 2 unspecified atom stereocenters. The van der Waals surface area contributed by atoms with Crippen LogP contribution in [0.15, 0.2) is 24.4 Å². The van der Waals surface area contributed by atoms with Gasteiger partial charge in [-0.1, -0.05) is 57.4 Å². The molecule has 8 nitrogen and oxygen atoms in total. The summed E-state index contributed by atoms with van der Waals surface area (Å²) < 4.78 is 5.37. The number of nitrogens with one attached hydrogen (secondary N) is 3. The molecule has 0 bridgehead atoms. The molecule has 1 amide bonds. The number of ether oxygens (including phenoxy) is 1. The van der Waals surface area contributed by atoms with Gasteiger partial charge in [-0.25, -0.2) is 20.8 Å². The second kappa shape index (κ2) is 14.6. The first kappa shape index (κ1) is 28.4. The minimum Gasteiger partial charge on any atom is -0.493 e. The van der Waals surface area contributed by atoms with Crippen molar-refractivity contribution < 1.29 is 9.53 Å². The molecule has 186 valence electrons. The van der Waals surface area contributed by atoms with Gasteiger partial charge in [-0.3, -0.25) is 4.79 Å². The van der Waals surface area contributed by atoms with Crippen LogP contribution in [0.4, 0.5) is 0 Å². The Bertz CT molecular complexity index is 1110. The average Bonchev–Trinajstić information content (AvgIpc) is 3.62. The van der Waals surface area contributed by atoms with Crippen molar-refractivity contribution in [3.8, 4) is 34.9 Å². The number of halogens is 1. The number of hydrogen-bond acceptors (Lipinski definition) is 8. The Hall–Kier alpha value is -2.82. The molecule has 2 heterocycles. The van der Waals surface area contributed by atoms with Crippen LogP contribution in [0.3, 0.4) is 0 Å². The fourth-order valence-corrected chi connectivity index (χ4v) is 3.98. The summed E-state index contributed by atoms with van der Waals surface area (Å²) in [5, 5.41) is 12.0. The van der Waals surface area contributed by atoms with E-state index >= 15 is 0 Å². The van der Waals surface area contributed by atoms with E-state index in [2.05, 4.69) is 44.0 Å². The summed E-state index contributed by atoms with van der Waals surface area (Å²) >= 11 is 7.49. The number of aromatic nitrogens is 2. The van der Waals surface area contributed by atoms with E-state index in [-0.39, 0.29) is 28.5 Å². The lowest BCUT2D eigenvalue weighted by molar-refractivity contribution is 0.0945. The van der Waals surface area contributed by atoms with Crippen molar-refractivity contribution in [1.29, 1.82) is 5.26 Å². The minimum atomic E-state index is -0.353. The molecular formula is C25H31ClN6O2S. The second-order valence-corrected chi connectivity index (χ2v) is 8.55. The molecule has 1 saturated heterocycles. The van der Waals surface area contributed by atoms with E-state index in [4.69, 9.17) is 21.6 Å². The highest BCUT2D eigenvalue weighted by atomic mass is 35.5. The predicted octanol–water partition coefficient (Wildman–Crippen LogP) is 4.52. The molecule has 1 aromatic heterocycles. The third-order valence-corrected chi connectivity index (χ3v) is 5.89. The molecule has 1 aliphatic carbocycles. The first-order valence-electron chi connectivity index (χ1n) is 11.6. The Balaban J connectivity index is 0.00000103. The molecule has 2 fully saturated rings. The summed E-state index contributed by atoms with van der Waals surface area (Å²) in [7, 11) is 1.49. The van der Waals surface area contributed by atoms with Crippen molar-refractivity contribution in [3.63, 3.8) is 0 Å². The largest absolute Gasteiger partial charge is 0.493 e. The lowest BCUT2D eigenvalue weighted by Crippen LogP contribution is -2.43. The van der Waals surface area contributed by atoms with Crippen molar-refractivity contribution in [1.82, 2.24) is 26.1 Å². The Labute approximate surface area is 216 Å². The van der Waals surface area contributed by atoms with Crippen molar-refractivity contribution in [2.45, 2.75) is 57.8 Å². The minimum absolute atomic E-state index is 0.0298. The van der Waals surface area contributed by atoms with E-state index in [0.29, 0.717) is 28.5 Å². The van der Waals surface area contributed by atoms with Gasteiger partial charge in [-0.2, -0.15) is 5.26 Å². The maximum Gasteiger partial charge on any atom is 0.253 e. The van der Waals surface area contributed by atoms with Gasteiger partial charge in [0.1, 0.15) is 16.6 Å². The fourth-order valence-electron chi connectivity index (χ4n) is 2.99. The van der Waals surface area contributed by atoms with Crippen LogP contribution in [-0.2, 0) is 6.42 Å². The van der Waals surface area contributed by atoms with Crippen LogP contribution < -0.4 is 20.9 Å². The lowest BCUT2D eigenvalue weighted by Gasteiger charge is -2.16. The fraction of sp³-hybridized carbons (Fsp3) is 0.440. The monoisotopic (exact) mass is 514 g/mol. The van der Waals surface area contributed by atoms with Gasteiger partial charge in [0.05, 0.1) is 25.8 Å². The first-order valence-corrected chi connectivity index (χ1v) is 12.9. The van der Waals surface area contributed by atoms with Crippen molar-refractivity contribution in [2.75, 3.05) is 7.11 Å². The number of hydrogen-bond donors (Lipinski definition) is 3. The summed E-state index contributed by atoms with van der Waals surface area (Å²) in [4.78, 5) is 21.3. The standard InChI is InChI=1S/C21H19ClN6O2S.2C2H6/c1-30-16-11-24-20(22)25-18(16)15-10-13(8-9-23)4-6-14(15)19(29)26-21-28-27-17(31-21)7-5-12-2-3-12;2*1-2/h4,6,10-12,17,21,27-28H,2-3,8H2,1H3,(H,26,29);2*1-2H3. The predicted molar refractivity (Wildman–Crippen MR) is 140 cm³/mol. The van der Waals surface area contributed by atoms with E-state index < -0.39 is 0 Å². The summed E-state index contributed by atoms with van der Waals surface area (Å²) in [6.45, 7) is 8.00. The molecule has 0 spiro atoms. The maximum atomic E-state index is 13.1. The molecule has 1 saturated carbocycles. The lowest BCUT2D eigenvalue weighted by atomic mass is 9.98. The molecule has 2 aliphatic rings. The van der Waals surface area contributed by atoms with E-state index in [1.54, 1.807) is 18.2 Å². The smallest absolute Gasteiger partial charge is 0.253 e. The van der Waals surface area contributed by atoms with Crippen molar-refractivity contribution in [2.24, 2.45) is 5.92 Å². The number of methoxy groups -OCH3 is 1. The van der Waals surface area contributed by atoms with Crippen molar-refractivity contribution >= 4 is 29.3 Å². The van der Waals surface area contributed by atoms with Gasteiger partial charge in [0, 0.05) is 17.0 Å². The number of carbonyl (C=O) groups excluding carboxylic acids is 1. The Morgan fingerprint density at radius 1 is 1.26 bits per heavy atom. The highest BCUT2D eigenvalue weighted by Crippen LogP contribution is 2.32. The number of thioether (sulfide) groups is 1. The van der Waals surface area contributed by atoms with Crippen LogP contribution in [0.25, 0.3) is 11.3 Å². The molecule has 10 heteroatoms. The topological polar surface area (TPSA) is 112 Å². The van der Waals surface area contributed by atoms with Gasteiger partial charge in [-0.15, -0.1) is 0 Å². The van der Waals surface area contributed by atoms with Crippen LogP contribution >= 0.6 is 23.4 Å².